The first-order valence-electron chi connectivity index (χ1n) is 6.05. The van der Waals surface area contributed by atoms with Crippen molar-refractivity contribution in [2.24, 2.45) is 0 Å². The first-order valence-corrected chi connectivity index (χ1v) is 6.05. The van der Waals surface area contributed by atoms with Crippen molar-refractivity contribution in [2.45, 2.75) is 30.7 Å². The van der Waals surface area contributed by atoms with Gasteiger partial charge >= 0.3 is 5.97 Å². The van der Waals surface area contributed by atoms with E-state index in [1.165, 1.54) is 0 Å². The van der Waals surface area contributed by atoms with Crippen molar-refractivity contribution in [2.75, 3.05) is 6.61 Å². The average molecular weight is 266 g/mol. The minimum absolute atomic E-state index is 0.125. The Balaban J connectivity index is 1.77. The number of aliphatic hydroxyl groups excluding tert-OH is 2. The van der Waals surface area contributed by atoms with Gasteiger partial charge in [-0.15, -0.1) is 0 Å². The van der Waals surface area contributed by atoms with Crippen LogP contribution in [0.5, 0.6) is 0 Å². The molecule has 5 atom stereocenters. The smallest absolute Gasteiger partial charge is 0.338 e. The van der Waals surface area contributed by atoms with E-state index in [1.54, 1.807) is 0 Å². The van der Waals surface area contributed by atoms with E-state index >= 15 is 0 Å². The summed E-state index contributed by atoms with van der Waals surface area (Å²) in [6.45, 7) is 0.125. The normalized spacial score (nSPS) is 38.4. The summed E-state index contributed by atoms with van der Waals surface area (Å²) in [6, 6.07) is 9.24. The number of carbonyl (C=O) groups excluding carboxylic acids is 1. The molecule has 0 radical (unpaired) electrons. The number of rotatable bonds is 1. The average Bonchev–Trinajstić information content (AvgIpc) is 2.46. The van der Waals surface area contributed by atoms with Crippen LogP contribution in [0, 0.1) is 0 Å². The highest BCUT2D eigenvalue weighted by molar-refractivity contribution is 5.76. The molecule has 0 saturated carbocycles. The van der Waals surface area contributed by atoms with Crippen LogP contribution in [0.3, 0.4) is 0 Å². The summed E-state index contributed by atoms with van der Waals surface area (Å²) >= 11 is 0. The second-order valence-corrected chi connectivity index (χ2v) is 4.59. The Morgan fingerprint density at radius 3 is 2.63 bits per heavy atom. The molecule has 2 fully saturated rings. The molecular weight excluding hydrogens is 252 g/mol. The molecule has 1 unspecified atom stereocenters. The van der Waals surface area contributed by atoms with Gasteiger partial charge in [0.25, 0.3) is 0 Å². The summed E-state index contributed by atoms with van der Waals surface area (Å²) in [5.74, 6) is -0.848. The van der Waals surface area contributed by atoms with Gasteiger partial charge < -0.3 is 24.4 Å². The molecule has 102 valence electrons. The third-order valence-electron chi connectivity index (χ3n) is 3.30. The van der Waals surface area contributed by atoms with Gasteiger partial charge in [-0.05, 0) is 0 Å². The summed E-state index contributed by atoms with van der Waals surface area (Å²) in [5, 5.41) is 19.4. The fourth-order valence-electron chi connectivity index (χ4n) is 2.27. The quantitative estimate of drug-likeness (QED) is 0.682. The maximum Gasteiger partial charge on any atom is 0.338 e. The predicted molar refractivity (Wildman–Crippen MR) is 61.9 cm³/mol. The molecule has 19 heavy (non-hydrogen) atoms. The van der Waals surface area contributed by atoms with E-state index in [1.807, 2.05) is 30.3 Å². The SMILES string of the molecule is O=C1O[C@@H]2COC(c3ccccc3)O[C@H]2[C@H](O)[C@H]1O. The standard InChI is InChI=1S/C13H14O6/c14-9-10(15)12(16)18-8-6-17-13(19-11(8)9)7-4-2-1-3-5-7/h1-5,8-11,13-15H,6H2/t8-,9-,10-,11-,13?/m1/s1. The molecule has 6 heteroatoms. The molecule has 2 aliphatic rings. The lowest BCUT2D eigenvalue weighted by atomic mass is 9.98. The zero-order valence-electron chi connectivity index (χ0n) is 10.0. The minimum Gasteiger partial charge on any atom is -0.455 e. The molecule has 2 heterocycles. The van der Waals surface area contributed by atoms with E-state index in [9.17, 15) is 15.0 Å². The van der Waals surface area contributed by atoms with Crippen LogP contribution in [0.2, 0.25) is 0 Å². The van der Waals surface area contributed by atoms with Gasteiger partial charge in [0.1, 0.15) is 12.2 Å². The van der Waals surface area contributed by atoms with Gasteiger partial charge in [0.05, 0.1) is 6.61 Å². The Bertz CT molecular complexity index is 459. The number of benzene rings is 1. The number of aliphatic hydroxyl groups is 2. The van der Waals surface area contributed by atoms with Crippen molar-refractivity contribution in [3.63, 3.8) is 0 Å². The molecule has 2 N–H and O–H groups in total. The Labute approximate surface area is 109 Å². The van der Waals surface area contributed by atoms with Gasteiger partial charge in [-0.2, -0.15) is 0 Å². The van der Waals surface area contributed by atoms with Gasteiger partial charge in [-0.25, -0.2) is 4.79 Å². The van der Waals surface area contributed by atoms with E-state index in [0.717, 1.165) is 5.56 Å². The Morgan fingerprint density at radius 2 is 1.89 bits per heavy atom. The van der Waals surface area contributed by atoms with Gasteiger partial charge in [0.15, 0.2) is 18.5 Å². The highest BCUT2D eigenvalue weighted by Crippen LogP contribution is 2.32. The van der Waals surface area contributed by atoms with Crippen LogP contribution in [0.15, 0.2) is 30.3 Å². The van der Waals surface area contributed by atoms with E-state index in [4.69, 9.17) is 14.2 Å². The van der Waals surface area contributed by atoms with Gasteiger partial charge in [0, 0.05) is 5.56 Å². The summed E-state index contributed by atoms with van der Waals surface area (Å²) < 4.78 is 16.0. The lowest BCUT2D eigenvalue weighted by Gasteiger charge is -2.42. The number of fused-ring (bicyclic) bond motifs is 1. The lowest BCUT2D eigenvalue weighted by Crippen LogP contribution is -2.60. The highest BCUT2D eigenvalue weighted by atomic mass is 16.7. The predicted octanol–water partition coefficient (Wildman–Crippen LogP) is -0.252. The summed E-state index contributed by atoms with van der Waals surface area (Å²) in [7, 11) is 0. The van der Waals surface area contributed by atoms with E-state index in [-0.39, 0.29) is 6.61 Å². The minimum atomic E-state index is -1.57. The molecular formula is C13H14O6. The molecule has 6 nitrogen and oxygen atoms in total. The van der Waals surface area contributed by atoms with Crippen LogP contribution in [0.1, 0.15) is 11.9 Å². The van der Waals surface area contributed by atoms with Crippen LogP contribution in [-0.2, 0) is 19.0 Å². The van der Waals surface area contributed by atoms with E-state index in [2.05, 4.69) is 0 Å². The highest BCUT2D eigenvalue weighted by Gasteiger charge is 2.49. The maximum absolute atomic E-state index is 11.3. The Morgan fingerprint density at radius 1 is 1.16 bits per heavy atom. The monoisotopic (exact) mass is 266 g/mol. The third kappa shape index (κ3) is 2.23. The lowest BCUT2D eigenvalue weighted by molar-refractivity contribution is -0.302. The molecule has 0 aliphatic carbocycles. The maximum atomic E-state index is 11.3. The van der Waals surface area contributed by atoms with Crippen molar-refractivity contribution in [1.29, 1.82) is 0 Å². The van der Waals surface area contributed by atoms with Crippen molar-refractivity contribution in [1.82, 2.24) is 0 Å². The Hall–Kier alpha value is -1.47. The second kappa shape index (κ2) is 4.90. The van der Waals surface area contributed by atoms with Crippen molar-refractivity contribution in [3.8, 4) is 0 Å². The molecule has 3 rings (SSSR count). The van der Waals surface area contributed by atoms with Crippen LogP contribution in [-0.4, -0.2) is 47.2 Å². The Kier molecular flexibility index (Phi) is 3.24. The number of ether oxygens (including phenoxy) is 3. The number of esters is 1. The topological polar surface area (TPSA) is 85.2 Å². The summed E-state index contributed by atoms with van der Waals surface area (Å²) in [5.41, 5.74) is 0.805. The number of hydrogen-bond acceptors (Lipinski definition) is 6. The van der Waals surface area contributed by atoms with E-state index in [0.29, 0.717) is 0 Å². The van der Waals surface area contributed by atoms with Crippen LogP contribution < -0.4 is 0 Å². The molecule has 0 amide bonds. The molecule has 2 aliphatic heterocycles. The fourth-order valence-corrected chi connectivity index (χ4v) is 2.27. The van der Waals surface area contributed by atoms with Crippen LogP contribution in [0.4, 0.5) is 0 Å². The number of hydrogen-bond donors (Lipinski definition) is 2. The van der Waals surface area contributed by atoms with Crippen LogP contribution >= 0.6 is 0 Å². The van der Waals surface area contributed by atoms with Crippen LogP contribution in [0.25, 0.3) is 0 Å². The van der Waals surface area contributed by atoms with Crippen molar-refractivity contribution in [3.05, 3.63) is 35.9 Å². The first-order chi connectivity index (χ1) is 9.16. The molecule has 0 bridgehead atoms. The second-order valence-electron chi connectivity index (χ2n) is 4.59. The van der Waals surface area contributed by atoms with Crippen molar-refractivity contribution < 1.29 is 29.2 Å². The molecule has 0 spiro atoms. The van der Waals surface area contributed by atoms with Gasteiger partial charge in [0.2, 0.25) is 0 Å². The van der Waals surface area contributed by atoms with Crippen molar-refractivity contribution >= 4 is 5.97 Å². The van der Waals surface area contributed by atoms with E-state index < -0.39 is 36.7 Å². The zero-order valence-corrected chi connectivity index (χ0v) is 10.0. The van der Waals surface area contributed by atoms with Gasteiger partial charge in [-0.1, -0.05) is 30.3 Å². The first kappa shape index (κ1) is 12.6. The molecule has 1 aromatic carbocycles. The molecule has 2 saturated heterocycles. The number of carbonyl (C=O) groups is 1. The summed E-state index contributed by atoms with van der Waals surface area (Å²) in [4.78, 5) is 11.3. The largest absolute Gasteiger partial charge is 0.455 e. The molecule has 0 aromatic heterocycles. The molecule has 1 aromatic rings. The summed E-state index contributed by atoms with van der Waals surface area (Å²) in [6.07, 6.45) is -4.99. The fraction of sp³-hybridized carbons (Fsp3) is 0.462. The van der Waals surface area contributed by atoms with Gasteiger partial charge in [-0.3, -0.25) is 0 Å². The third-order valence-corrected chi connectivity index (χ3v) is 3.30. The zero-order chi connectivity index (χ0) is 13.4.